The van der Waals surface area contributed by atoms with Gasteiger partial charge in [0.15, 0.2) is 6.33 Å². The van der Waals surface area contributed by atoms with E-state index in [0.29, 0.717) is 12.3 Å². The molecule has 2 rings (SSSR count). The highest BCUT2D eigenvalue weighted by Gasteiger charge is 1.99. The van der Waals surface area contributed by atoms with Crippen LogP contribution in [0, 0.1) is 0 Å². The number of aromatic nitrogens is 3. The maximum absolute atomic E-state index is 4.86. The minimum Gasteiger partial charge on any atom is -0.339 e. The van der Waals surface area contributed by atoms with Crippen LogP contribution in [0.25, 0.3) is 0 Å². The lowest BCUT2D eigenvalue weighted by Gasteiger charge is -1.92. The van der Waals surface area contributed by atoms with Crippen molar-refractivity contribution in [1.82, 2.24) is 15.1 Å². The molecule has 12 heavy (non-hydrogen) atoms. The number of pyridine rings is 1. The van der Waals surface area contributed by atoms with Crippen molar-refractivity contribution in [2.75, 3.05) is 0 Å². The van der Waals surface area contributed by atoms with Crippen molar-refractivity contribution in [3.63, 3.8) is 0 Å². The van der Waals surface area contributed by atoms with E-state index in [1.54, 1.807) is 12.4 Å². The molecule has 0 aromatic carbocycles. The number of hydrogen-bond acceptors (Lipinski definition) is 4. The van der Waals surface area contributed by atoms with Crippen molar-refractivity contribution >= 4 is 0 Å². The third kappa shape index (κ3) is 1.47. The van der Waals surface area contributed by atoms with E-state index in [1.165, 1.54) is 6.33 Å². The third-order valence-electron chi connectivity index (χ3n) is 1.51. The molecule has 0 fully saturated rings. The Bertz CT molecular complexity index is 330. The van der Waals surface area contributed by atoms with Gasteiger partial charge in [-0.05, 0) is 17.7 Å². The summed E-state index contributed by atoms with van der Waals surface area (Å²) in [5.74, 6) is 0.626. The first-order chi connectivity index (χ1) is 5.95. The van der Waals surface area contributed by atoms with Crippen molar-refractivity contribution in [2.24, 2.45) is 0 Å². The Morgan fingerprint density at radius 2 is 2.08 bits per heavy atom. The summed E-state index contributed by atoms with van der Waals surface area (Å²) >= 11 is 0. The Morgan fingerprint density at radius 3 is 2.75 bits per heavy atom. The summed E-state index contributed by atoms with van der Waals surface area (Å²) in [5.41, 5.74) is 1.12. The quantitative estimate of drug-likeness (QED) is 0.660. The fourth-order valence-electron chi connectivity index (χ4n) is 0.949. The Hall–Kier alpha value is -1.71. The van der Waals surface area contributed by atoms with Crippen molar-refractivity contribution in [2.45, 2.75) is 6.42 Å². The van der Waals surface area contributed by atoms with Crippen LogP contribution in [-0.2, 0) is 6.42 Å². The van der Waals surface area contributed by atoms with E-state index in [-0.39, 0.29) is 0 Å². The average molecular weight is 161 g/mol. The van der Waals surface area contributed by atoms with Gasteiger partial charge in [0.2, 0.25) is 5.89 Å². The van der Waals surface area contributed by atoms with Gasteiger partial charge in [0.1, 0.15) is 0 Å². The van der Waals surface area contributed by atoms with Gasteiger partial charge >= 0.3 is 0 Å². The molecule has 2 aromatic rings. The Balaban J connectivity index is 2.15. The van der Waals surface area contributed by atoms with E-state index in [4.69, 9.17) is 4.52 Å². The van der Waals surface area contributed by atoms with Crippen LogP contribution in [0.3, 0.4) is 0 Å². The second kappa shape index (κ2) is 3.13. The maximum Gasteiger partial charge on any atom is 0.230 e. The molecule has 0 aliphatic rings. The highest BCUT2D eigenvalue weighted by Crippen LogP contribution is 2.03. The van der Waals surface area contributed by atoms with Crippen molar-refractivity contribution in [1.29, 1.82) is 0 Å². The monoisotopic (exact) mass is 161 g/mol. The van der Waals surface area contributed by atoms with Gasteiger partial charge in [-0.2, -0.15) is 4.98 Å². The minimum atomic E-state index is 0.626. The van der Waals surface area contributed by atoms with Crippen LogP contribution in [0.15, 0.2) is 35.4 Å². The van der Waals surface area contributed by atoms with Crippen LogP contribution in [0.4, 0.5) is 0 Å². The molecule has 0 saturated heterocycles. The van der Waals surface area contributed by atoms with Crippen LogP contribution in [-0.4, -0.2) is 15.1 Å². The summed E-state index contributed by atoms with van der Waals surface area (Å²) in [5, 5.41) is 3.52. The molecule has 0 radical (unpaired) electrons. The normalized spacial score (nSPS) is 10.0. The largest absolute Gasteiger partial charge is 0.339 e. The molecular weight excluding hydrogens is 154 g/mol. The van der Waals surface area contributed by atoms with Crippen LogP contribution < -0.4 is 0 Å². The van der Waals surface area contributed by atoms with E-state index in [2.05, 4.69) is 15.1 Å². The second-order valence-electron chi connectivity index (χ2n) is 2.37. The second-order valence-corrected chi connectivity index (χ2v) is 2.37. The molecule has 0 aliphatic heterocycles. The zero-order valence-corrected chi connectivity index (χ0v) is 6.34. The minimum absolute atomic E-state index is 0.626. The molecule has 0 spiro atoms. The van der Waals surface area contributed by atoms with E-state index >= 15 is 0 Å². The molecule has 0 atom stereocenters. The first kappa shape index (κ1) is 6.97. The molecule has 4 heteroatoms. The average Bonchev–Trinajstić information content (AvgIpc) is 2.59. The zero-order chi connectivity index (χ0) is 8.23. The van der Waals surface area contributed by atoms with Crippen LogP contribution in [0.1, 0.15) is 11.5 Å². The SMILES string of the molecule is c1cc(Cc2ncno2)ccn1. The van der Waals surface area contributed by atoms with E-state index in [1.807, 2.05) is 12.1 Å². The number of nitrogens with zero attached hydrogens (tertiary/aromatic N) is 3. The highest BCUT2D eigenvalue weighted by atomic mass is 16.5. The predicted molar refractivity (Wildman–Crippen MR) is 41.3 cm³/mol. The van der Waals surface area contributed by atoms with E-state index < -0.39 is 0 Å². The first-order valence-electron chi connectivity index (χ1n) is 3.59. The van der Waals surface area contributed by atoms with Crippen LogP contribution in [0.5, 0.6) is 0 Å². The first-order valence-corrected chi connectivity index (χ1v) is 3.59. The zero-order valence-electron chi connectivity index (χ0n) is 6.34. The molecule has 2 heterocycles. The lowest BCUT2D eigenvalue weighted by molar-refractivity contribution is 0.384. The maximum atomic E-state index is 4.86. The summed E-state index contributed by atoms with van der Waals surface area (Å²) in [6.45, 7) is 0. The predicted octanol–water partition coefficient (Wildman–Crippen LogP) is 1.06. The summed E-state index contributed by atoms with van der Waals surface area (Å²) in [6.07, 6.45) is 5.55. The molecule has 4 nitrogen and oxygen atoms in total. The summed E-state index contributed by atoms with van der Waals surface area (Å²) in [4.78, 5) is 7.82. The van der Waals surface area contributed by atoms with Crippen LogP contribution in [0.2, 0.25) is 0 Å². The van der Waals surface area contributed by atoms with Gasteiger partial charge in [-0.1, -0.05) is 5.16 Å². The lowest BCUT2D eigenvalue weighted by atomic mass is 10.2. The molecule has 0 amide bonds. The molecule has 0 saturated carbocycles. The summed E-state index contributed by atoms with van der Waals surface area (Å²) in [6, 6.07) is 3.84. The van der Waals surface area contributed by atoms with Gasteiger partial charge in [0, 0.05) is 12.4 Å². The third-order valence-corrected chi connectivity index (χ3v) is 1.51. The van der Waals surface area contributed by atoms with E-state index in [0.717, 1.165) is 5.56 Å². The molecule has 0 unspecified atom stereocenters. The smallest absolute Gasteiger partial charge is 0.230 e. The molecule has 0 aliphatic carbocycles. The Kier molecular flexibility index (Phi) is 1.82. The standard InChI is InChI=1S/C8H7N3O/c1-3-9-4-2-7(1)5-8-10-6-11-12-8/h1-4,6H,5H2. The Morgan fingerprint density at radius 1 is 1.25 bits per heavy atom. The summed E-state index contributed by atoms with van der Waals surface area (Å²) in [7, 11) is 0. The van der Waals surface area contributed by atoms with Gasteiger partial charge < -0.3 is 4.52 Å². The van der Waals surface area contributed by atoms with E-state index in [9.17, 15) is 0 Å². The van der Waals surface area contributed by atoms with Gasteiger partial charge in [-0.3, -0.25) is 4.98 Å². The van der Waals surface area contributed by atoms with Crippen molar-refractivity contribution in [3.05, 3.63) is 42.3 Å². The topological polar surface area (TPSA) is 51.8 Å². The number of hydrogen-bond donors (Lipinski definition) is 0. The fourth-order valence-corrected chi connectivity index (χ4v) is 0.949. The number of rotatable bonds is 2. The fraction of sp³-hybridized carbons (Fsp3) is 0.125. The van der Waals surface area contributed by atoms with Crippen molar-refractivity contribution in [3.8, 4) is 0 Å². The van der Waals surface area contributed by atoms with Gasteiger partial charge in [-0.15, -0.1) is 0 Å². The highest BCUT2D eigenvalue weighted by molar-refractivity contribution is 5.13. The van der Waals surface area contributed by atoms with Gasteiger partial charge in [-0.25, -0.2) is 0 Å². The van der Waals surface area contributed by atoms with Crippen LogP contribution >= 0.6 is 0 Å². The molecule has 60 valence electrons. The molecular formula is C8H7N3O. The van der Waals surface area contributed by atoms with Crippen molar-refractivity contribution < 1.29 is 4.52 Å². The Labute approximate surface area is 69.3 Å². The lowest BCUT2D eigenvalue weighted by Crippen LogP contribution is -1.87. The van der Waals surface area contributed by atoms with Gasteiger partial charge in [0.25, 0.3) is 0 Å². The van der Waals surface area contributed by atoms with Gasteiger partial charge in [0.05, 0.1) is 6.42 Å². The molecule has 2 aromatic heterocycles. The molecule has 0 bridgehead atoms. The summed E-state index contributed by atoms with van der Waals surface area (Å²) < 4.78 is 4.86. The molecule has 0 N–H and O–H groups in total.